The second kappa shape index (κ2) is 4.38. The molecule has 0 aliphatic rings. The van der Waals surface area contributed by atoms with Gasteiger partial charge in [-0.15, -0.1) is 0 Å². The van der Waals surface area contributed by atoms with Gasteiger partial charge in [0.25, 0.3) is 0 Å². The van der Waals surface area contributed by atoms with Crippen LogP contribution in [0.5, 0.6) is 0 Å². The molecule has 18 heavy (non-hydrogen) atoms. The zero-order valence-corrected chi connectivity index (χ0v) is 10.9. The van der Waals surface area contributed by atoms with Crippen LogP contribution in [0.3, 0.4) is 0 Å². The van der Waals surface area contributed by atoms with E-state index in [-0.39, 0.29) is 5.78 Å². The average Bonchev–Trinajstić information content (AvgIpc) is 2.82. The Morgan fingerprint density at radius 2 is 1.94 bits per heavy atom. The number of rotatable bonds is 2. The van der Waals surface area contributed by atoms with Crippen LogP contribution in [0.2, 0.25) is 0 Å². The van der Waals surface area contributed by atoms with Gasteiger partial charge in [-0.1, -0.05) is 15.9 Å². The molecular formula is C14H9BrN2O. The minimum Gasteiger partial charge on any atom is -0.345 e. The van der Waals surface area contributed by atoms with E-state index in [4.69, 9.17) is 0 Å². The smallest absolute Gasteiger partial charge is 0.195 e. The molecule has 0 unspecified atom stereocenters. The Hall–Kier alpha value is -1.94. The molecule has 1 aromatic carbocycles. The first kappa shape index (κ1) is 11.2. The Morgan fingerprint density at radius 3 is 2.72 bits per heavy atom. The molecule has 1 N–H and O–H groups in total. The first-order valence-corrected chi connectivity index (χ1v) is 6.27. The molecule has 0 saturated carbocycles. The highest BCUT2D eigenvalue weighted by Gasteiger charge is 2.14. The van der Waals surface area contributed by atoms with Gasteiger partial charge in [-0.05, 0) is 36.4 Å². The van der Waals surface area contributed by atoms with Crippen LogP contribution in [0.4, 0.5) is 0 Å². The van der Waals surface area contributed by atoms with Gasteiger partial charge in [0.15, 0.2) is 5.78 Å². The van der Waals surface area contributed by atoms with E-state index >= 15 is 0 Å². The van der Waals surface area contributed by atoms with Gasteiger partial charge in [0, 0.05) is 33.4 Å². The van der Waals surface area contributed by atoms with Gasteiger partial charge >= 0.3 is 0 Å². The summed E-state index contributed by atoms with van der Waals surface area (Å²) in [5.41, 5.74) is 2.06. The molecule has 3 rings (SSSR count). The number of H-pyrrole nitrogens is 1. The Morgan fingerprint density at radius 1 is 1.17 bits per heavy atom. The van der Waals surface area contributed by atoms with Crippen LogP contribution < -0.4 is 0 Å². The highest BCUT2D eigenvalue weighted by Crippen LogP contribution is 2.20. The standard InChI is InChI=1S/C14H9BrN2O/c15-10-5-3-9(4-6-10)13(18)12-8-17-14-11(12)2-1-7-16-14/h1-8H,(H,16,17). The van der Waals surface area contributed by atoms with E-state index in [1.54, 1.807) is 12.4 Å². The van der Waals surface area contributed by atoms with Crippen molar-refractivity contribution in [1.29, 1.82) is 0 Å². The van der Waals surface area contributed by atoms with E-state index in [2.05, 4.69) is 25.9 Å². The maximum atomic E-state index is 12.4. The number of benzene rings is 1. The molecule has 0 amide bonds. The Bertz CT molecular complexity index is 716. The van der Waals surface area contributed by atoms with E-state index in [9.17, 15) is 4.79 Å². The fourth-order valence-electron chi connectivity index (χ4n) is 1.90. The number of hydrogen-bond acceptors (Lipinski definition) is 2. The number of aromatic nitrogens is 2. The highest BCUT2D eigenvalue weighted by atomic mass is 79.9. The number of carbonyl (C=O) groups is 1. The molecule has 88 valence electrons. The van der Waals surface area contributed by atoms with Crippen LogP contribution in [0.25, 0.3) is 11.0 Å². The van der Waals surface area contributed by atoms with Gasteiger partial charge < -0.3 is 4.98 Å². The number of pyridine rings is 1. The molecule has 3 aromatic rings. The summed E-state index contributed by atoms with van der Waals surface area (Å²) in [5.74, 6) is 0.00162. The first-order chi connectivity index (χ1) is 8.75. The lowest BCUT2D eigenvalue weighted by atomic mass is 10.0. The van der Waals surface area contributed by atoms with Gasteiger partial charge in [0.2, 0.25) is 0 Å². The molecule has 0 bridgehead atoms. The lowest BCUT2D eigenvalue weighted by Gasteiger charge is -1.99. The quantitative estimate of drug-likeness (QED) is 0.736. The third-order valence-corrected chi connectivity index (χ3v) is 3.33. The zero-order valence-electron chi connectivity index (χ0n) is 9.35. The van der Waals surface area contributed by atoms with E-state index < -0.39 is 0 Å². The van der Waals surface area contributed by atoms with Crippen LogP contribution in [0, 0.1) is 0 Å². The molecule has 2 aromatic heterocycles. The summed E-state index contributed by atoms with van der Waals surface area (Å²) < 4.78 is 0.958. The summed E-state index contributed by atoms with van der Waals surface area (Å²) in [4.78, 5) is 19.6. The third-order valence-electron chi connectivity index (χ3n) is 2.80. The molecule has 0 aliphatic carbocycles. The van der Waals surface area contributed by atoms with Crippen LogP contribution >= 0.6 is 15.9 Å². The number of halogens is 1. The van der Waals surface area contributed by atoms with Gasteiger partial charge in [0.05, 0.1) is 0 Å². The summed E-state index contributed by atoms with van der Waals surface area (Å²) in [6, 6.07) is 11.1. The lowest BCUT2D eigenvalue weighted by molar-refractivity contribution is 0.104. The minimum atomic E-state index is 0.00162. The van der Waals surface area contributed by atoms with Crippen LogP contribution in [-0.4, -0.2) is 15.8 Å². The van der Waals surface area contributed by atoms with Crippen molar-refractivity contribution in [2.45, 2.75) is 0 Å². The molecular weight excluding hydrogens is 292 g/mol. The fraction of sp³-hybridized carbons (Fsp3) is 0. The monoisotopic (exact) mass is 300 g/mol. The van der Waals surface area contributed by atoms with Crippen molar-refractivity contribution in [2.24, 2.45) is 0 Å². The SMILES string of the molecule is O=C(c1ccc(Br)cc1)c1c[nH]c2ncccc12. The largest absolute Gasteiger partial charge is 0.345 e. The second-order valence-electron chi connectivity index (χ2n) is 3.94. The molecule has 0 saturated heterocycles. The summed E-state index contributed by atoms with van der Waals surface area (Å²) in [5, 5.41) is 0.852. The van der Waals surface area contributed by atoms with E-state index in [1.807, 2.05) is 36.4 Å². The molecule has 2 heterocycles. The number of aromatic amines is 1. The van der Waals surface area contributed by atoms with Gasteiger partial charge in [0.1, 0.15) is 5.65 Å². The van der Waals surface area contributed by atoms with Crippen molar-refractivity contribution in [1.82, 2.24) is 9.97 Å². The molecule has 0 fully saturated rings. The summed E-state index contributed by atoms with van der Waals surface area (Å²) in [6.07, 6.45) is 3.41. The van der Waals surface area contributed by atoms with Crippen LogP contribution in [0.1, 0.15) is 15.9 Å². The lowest BCUT2D eigenvalue weighted by Crippen LogP contribution is -1.99. The van der Waals surface area contributed by atoms with Crippen molar-refractivity contribution < 1.29 is 4.79 Å². The van der Waals surface area contributed by atoms with Crippen molar-refractivity contribution in [2.75, 3.05) is 0 Å². The predicted octanol–water partition coefficient (Wildman–Crippen LogP) is 3.56. The summed E-state index contributed by atoms with van der Waals surface area (Å²) >= 11 is 3.36. The third kappa shape index (κ3) is 1.84. The van der Waals surface area contributed by atoms with E-state index in [0.717, 1.165) is 15.5 Å². The van der Waals surface area contributed by atoms with Crippen LogP contribution in [-0.2, 0) is 0 Å². The van der Waals surface area contributed by atoms with Crippen LogP contribution in [0.15, 0.2) is 53.3 Å². The topological polar surface area (TPSA) is 45.8 Å². The molecule has 0 aliphatic heterocycles. The van der Waals surface area contributed by atoms with Crippen molar-refractivity contribution in [3.63, 3.8) is 0 Å². The normalized spacial score (nSPS) is 10.7. The number of nitrogens with one attached hydrogen (secondary N) is 1. The first-order valence-electron chi connectivity index (χ1n) is 5.48. The second-order valence-corrected chi connectivity index (χ2v) is 4.85. The number of carbonyl (C=O) groups excluding carboxylic acids is 1. The summed E-state index contributed by atoms with van der Waals surface area (Å²) in [6.45, 7) is 0. The molecule has 3 nitrogen and oxygen atoms in total. The minimum absolute atomic E-state index is 0.00162. The van der Waals surface area contributed by atoms with E-state index in [0.29, 0.717) is 11.1 Å². The zero-order chi connectivity index (χ0) is 12.5. The Labute approximate surface area is 112 Å². The predicted molar refractivity (Wildman–Crippen MR) is 73.7 cm³/mol. The van der Waals surface area contributed by atoms with Crippen molar-refractivity contribution >= 4 is 32.7 Å². The van der Waals surface area contributed by atoms with Crippen molar-refractivity contribution in [3.8, 4) is 0 Å². The van der Waals surface area contributed by atoms with Gasteiger partial charge in [-0.25, -0.2) is 4.98 Å². The molecule has 0 radical (unpaired) electrons. The molecule has 4 heteroatoms. The number of fused-ring (bicyclic) bond motifs is 1. The number of nitrogens with zero attached hydrogens (tertiary/aromatic N) is 1. The maximum absolute atomic E-state index is 12.4. The Balaban J connectivity index is 2.09. The van der Waals surface area contributed by atoms with Gasteiger partial charge in [-0.3, -0.25) is 4.79 Å². The highest BCUT2D eigenvalue weighted by molar-refractivity contribution is 9.10. The van der Waals surface area contributed by atoms with Crippen molar-refractivity contribution in [3.05, 3.63) is 64.4 Å². The fourth-order valence-corrected chi connectivity index (χ4v) is 2.16. The Kier molecular flexibility index (Phi) is 2.72. The number of hydrogen-bond donors (Lipinski definition) is 1. The molecule has 0 atom stereocenters. The average molecular weight is 301 g/mol. The maximum Gasteiger partial charge on any atom is 0.195 e. The molecule has 0 spiro atoms. The van der Waals surface area contributed by atoms with Gasteiger partial charge in [-0.2, -0.15) is 0 Å². The number of ketones is 1. The van der Waals surface area contributed by atoms with E-state index in [1.165, 1.54) is 0 Å². The summed E-state index contributed by atoms with van der Waals surface area (Å²) in [7, 11) is 0.